The first-order valence-electron chi connectivity index (χ1n) is 11.1. The zero-order valence-corrected chi connectivity index (χ0v) is 20.5. The van der Waals surface area contributed by atoms with Gasteiger partial charge in [0.05, 0.1) is 5.69 Å². The minimum Gasteiger partial charge on any atom is -0.507 e. The van der Waals surface area contributed by atoms with Gasteiger partial charge in [-0.25, -0.2) is 22.0 Å². The number of nitrogens with zero attached hydrogens (tertiary/aromatic N) is 1. The van der Waals surface area contributed by atoms with E-state index in [9.17, 15) is 27.1 Å². The van der Waals surface area contributed by atoms with Crippen LogP contribution in [0.25, 0.3) is 0 Å². The number of aromatic hydroxyl groups is 1. The van der Waals surface area contributed by atoms with Crippen molar-refractivity contribution in [3.8, 4) is 5.75 Å². The number of hydrogen-bond donors (Lipinski definition) is 1. The Morgan fingerprint density at radius 2 is 1.31 bits per heavy atom. The summed E-state index contributed by atoms with van der Waals surface area (Å²) in [4.78, 5) is 4.41. The molecule has 1 N–H and O–H groups in total. The molecule has 0 unspecified atom stereocenters. The lowest BCUT2D eigenvalue weighted by atomic mass is 9.79. The van der Waals surface area contributed by atoms with Gasteiger partial charge in [-0.05, 0) is 34.1 Å². The smallest absolute Gasteiger partial charge is 0.200 e. The Kier molecular flexibility index (Phi) is 7.12. The highest BCUT2D eigenvalue weighted by Crippen LogP contribution is 2.37. The molecule has 0 aliphatic rings. The normalized spacial score (nSPS) is 12.5. The van der Waals surface area contributed by atoms with Gasteiger partial charge in [0.15, 0.2) is 23.3 Å². The molecule has 0 saturated heterocycles. The summed E-state index contributed by atoms with van der Waals surface area (Å²) < 4.78 is 69.2. The van der Waals surface area contributed by atoms with Gasteiger partial charge in [-0.1, -0.05) is 65.8 Å². The predicted octanol–water partition coefficient (Wildman–Crippen LogP) is 8.02. The second kappa shape index (κ2) is 9.44. The molecule has 186 valence electrons. The van der Waals surface area contributed by atoms with Crippen LogP contribution in [0.4, 0.5) is 27.6 Å². The van der Waals surface area contributed by atoms with Gasteiger partial charge < -0.3 is 5.11 Å². The minimum atomic E-state index is -2.20. The standard InChI is InChI=1S/C28H28F5NO/c1-27(2,3)17-11-16(26(35)19(13-17)28(4,5)6)14-34-20-10-8-7-9-15(20)12-18-21(29)23(31)25(33)24(32)22(18)30/h7-11,13-14,35H,12H2,1-6H3. The maximum atomic E-state index is 14.2. The van der Waals surface area contributed by atoms with E-state index in [1.165, 1.54) is 12.3 Å². The predicted molar refractivity (Wildman–Crippen MR) is 128 cm³/mol. The fraction of sp³-hybridized carbons (Fsp3) is 0.321. The van der Waals surface area contributed by atoms with Crippen LogP contribution in [-0.2, 0) is 17.3 Å². The van der Waals surface area contributed by atoms with E-state index in [1.807, 2.05) is 53.7 Å². The second-order valence-electron chi connectivity index (χ2n) is 10.6. The summed E-state index contributed by atoms with van der Waals surface area (Å²) in [6.07, 6.45) is 0.887. The van der Waals surface area contributed by atoms with Crippen molar-refractivity contribution in [1.29, 1.82) is 0 Å². The molecule has 0 amide bonds. The second-order valence-corrected chi connectivity index (χ2v) is 10.6. The molecule has 2 nitrogen and oxygen atoms in total. The molecular formula is C28H28F5NO. The van der Waals surface area contributed by atoms with E-state index < -0.39 is 41.1 Å². The molecule has 3 aromatic rings. The molecule has 0 radical (unpaired) electrons. The van der Waals surface area contributed by atoms with E-state index in [0.29, 0.717) is 5.56 Å². The van der Waals surface area contributed by atoms with Crippen LogP contribution in [0.15, 0.2) is 41.4 Å². The summed E-state index contributed by atoms with van der Waals surface area (Å²) in [6.45, 7) is 12.1. The van der Waals surface area contributed by atoms with Crippen LogP contribution >= 0.6 is 0 Å². The summed E-state index contributed by atoms with van der Waals surface area (Å²) in [6, 6.07) is 10.1. The van der Waals surface area contributed by atoms with E-state index in [2.05, 4.69) is 4.99 Å². The summed E-state index contributed by atoms with van der Waals surface area (Å²) in [5.74, 6) is -9.85. The number of phenols is 1. The van der Waals surface area contributed by atoms with E-state index in [0.717, 1.165) is 11.1 Å². The van der Waals surface area contributed by atoms with E-state index >= 15 is 0 Å². The number of aliphatic imine (C=N–C) groups is 1. The first-order valence-corrected chi connectivity index (χ1v) is 11.1. The van der Waals surface area contributed by atoms with Crippen LogP contribution in [0.2, 0.25) is 0 Å². The summed E-state index contributed by atoms with van der Waals surface area (Å²) in [5.41, 5.74) is 1.21. The Bertz CT molecular complexity index is 1270. The third-order valence-electron chi connectivity index (χ3n) is 5.82. The number of halogens is 5. The molecule has 0 atom stereocenters. The Labute approximate surface area is 202 Å². The molecule has 0 saturated carbocycles. The maximum Gasteiger partial charge on any atom is 0.200 e. The molecule has 3 rings (SSSR count). The monoisotopic (exact) mass is 489 g/mol. The van der Waals surface area contributed by atoms with Gasteiger partial charge in [0, 0.05) is 29.3 Å². The quantitative estimate of drug-likeness (QED) is 0.171. The number of hydrogen-bond acceptors (Lipinski definition) is 2. The third-order valence-corrected chi connectivity index (χ3v) is 5.82. The average molecular weight is 490 g/mol. The lowest BCUT2D eigenvalue weighted by Gasteiger charge is -2.27. The Morgan fingerprint density at radius 3 is 1.86 bits per heavy atom. The number of benzene rings is 3. The van der Waals surface area contributed by atoms with E-state index in [1.54, 1.807) is 18.2 Å². The van der Waals surface area contributed by atoms with Crippen LogP contribution in [0.3, 0.4) is 0 Å². The fourth-order valence-corrected chi connectivity index (χ4v) is 3.68. The minimum absolute atomic E-state index is 0.0616. The molecule has 7 heteroatoms. The molecule has 0 heterocycles. The number of phenolic OH excluding ortho intramolecular Hbond substituents is 1. The number of rotatable bonds is 4. The molecule has 3 aromatic carbocycles. The Balaban J connectivity index is 2.09. The van der Waals surface area contributed by atoms with Gasteiger partial charge in [-0.2, -0.15) is 0 Å². The van der Waals surface area contributed by atoms with Gasteiger partial charge >= 0.3 is 0 Å². The van der Waals surface area contributed by atoms with Crippen molar-refractivity contribution in [3.63, 3.8) is 0 Å². The van der Waals surface area contributed by atoms with Crippen LogP contribution < -0.4 is 0 Å². The van der Waals surface area contributed by atoms with Gasteiger partial charge in [-0.15, -0.1) is 0 Å². The third kappa shape index (κ3) is 5.39. The molecule has 0 aromatic heterocycles. The van der Waals surface area contributed by atoms with Crippen LogP contribution in [-0.4, -0.2) is 11.3 Å². The molecule has 35 heavy (non-hydrogen) atoms. The fourth-order valence-electron chi connectivity index (χ4n) is 3.68. The maximum absolute atomic E-state index is 14.2. The summed E-state index contributed by atoms with van der Waals surface area (Å²) in [7, 11) is 0. The van der Waals surface area contributed by atoms with Crippen molar-refractivity contribution in [2.75, 3.05) is 0 Å². The van der Waals surface area contributed by atoms with Gasteiger partial charge in [0.25, 0.3) is 0 Å². The molecular weight excluding hydrogens is 461 g/mol. The topological polar surface area (TPSA) is 32.6 Å². The number of para-hydroxylation sites is 1. The SMILES string of the molecule is CC(C)(C)c1cc(C=Nc2ccccc2Cc2c(F)c(F)c(F)c(F)c2F)c(O)c(C(C)(C)C)c1. The van der Waals surface area contributed by atoms with Crippen molar-refractivity contribution in [2.45, 2.75) is 58.8 Å². The highest BCUT2D eigenvalue weighted by molar-refractivity contribution is 5.87. The van der Waals surface area contributed by atoms with Gasteiger partial charge in [0.1, 0.15) is 5.75 Å². The van der Waals surface area contributed by atoms with Crippen molar-refractivity contribution >= 4 is 11.9 Å². The Hall–Kier alpha value is -3.22. The van der Waals surface area contributed by atoms with Crippen molar-refractivity contribution < 1.29 is 27.1 Å². The van der Waals surface area contributed by atoms with Gasteiger partial charge in [-0.3, -0.25) is 4.99 Å². The van der Waals surface area contributed by atoms with Crippen LogP contribution in [0, 0.1) is 29.1 Å². The van der Waals surface area contributed by atoms with Crippen molar-refractivity contribution in [3.05, 3.63) is 93.3 Å². The molecule has 0 aliphatic carbocycles. The van der Waals surface area contributed by atoms with Gasteiger partial charge in [0.2, 0.25) is 5.82 Å². The summed E-state index contributed by atoms with van der Waals surface area (Å²) >= 11 is 0. The van der Waals surface area contributed by atoms with E-state index in [4.69, 9.17) is 0 Å². The molecule has 0 fully saturated rings. The highest BCUT2D eigenvalue weighted by Gasteiger charge is 2.27. The highest BCUT2D eigenvalue weighted by atomic mass is 19.2. The lowest BCUT2D eigenvalue weighted by molar-refractivity contribution is 0.371. The largest absolute Gasteiger partial charge is 0.507 e. The first kappa shape index (κ1) is 26.4. The van der Waals surface area contributed by atoms with Crippen LogP contribution in [0.1, 0.15) is 69.4 Å². The average Bonchev–Trinajstić information content (AvgIpc) is 2.77. The van der Waals surface area contributed by atoms with Crippen LogP contribution in [0.5, 0.6) is 5.75 Å². The Morgan fingerprint density at radius 1 is 0.771 bits per heavy atom. The first-order chi connectivity index (χ1) is 16.1. The zero-order chi connectivity index (χ0) is 26.3. The van der Waals surface area contributed by atoms with Crippen molar-refractivity contribution in [1.82, 2.24) is 0 Å². The molecule has 0 bridgehead atoms. The molecule has 0 spiro atoms. The van der Waals surface area contributed by atoms with E-state index in [-0.39, 0.29) is 27.8 Å². The lowest BCUT2D eigenvalue weighted by Crippen LogP contribution is -2.17. The zero-order valence-electron chi connectivity index (χ0n) is 20.5. The van der Waals surface area contributed by atoms with Crippen molar-refractivity contribution in [2.24, 2.45) is 4.99 Å². The molecule has 0 aliphatic heterocycles. The summed E-state index contributed by atoms with van der Waals surface area (Å²) in [5, 5.41) is 10.9.